The van der Waals surface area contributed by atoms with Gasteiger partial charge >= 0.3 is 0 Å². The number of hydrazine groups is 1. The smallest absolute Gasteiger partial charge is 0.247 e. The van der Waals surface area contributed by atoms with E-state index in [4.69, 9.17) is 0 Å². The van der Waals surface area contributed by atoms with Crippen LogP contribution in [0, 0.1) is 12.7 Å². The first-order valence-electron chi connectivity index (χ1n) is 11.3. The second kappa shape index (κ2) is 8.35. The summed E-state index contributed by atoms with van der Waals surface area (Å²) in [6.45, 7) is 3.97. The number of anilines is 3. The molecule has 1 saturated heterocycles. The van der Waals surface area contributed by atoms with Gasteiger partial charge in [0.2, 0.25) is 5.91 Å². The minimum absolute atomic E-state index is 0.0792. The fourth-order valence-corrected chi connectivity index (χ4v) is 5.16. The number of nitrogens with one attached hydrogen (secondary N) is 4. The number of benzene rings is 2. The summed E-state index contributed by atoms with van der Waals surface area (Å²) in [4.78, 5) is 17.8. The number of amides is 1. The highest BCUT2D eigenvalue weighted by Gasteiger charge is 2.34. The zero-order chi connectivity index (χ0) is 22.4. The van der Waals surface area contributed by atoms with Crippen molar-refractivity contribution >= 4 is 23.0 Å². The molecular weight excluding hydrogens is 407 g/mol. The molecule has 7 nitrogen and oxygen atoms in total. The van der Waals surface area contributed by atoms with Gasteiger partial charge in [0.15, 0.2) is 0 Å². The summed E-state index contributed by atoms with van der Waals surface area (Å²) in [5, 5.41) is 6.26. The van der Waals surface area contributed by atoms with Crippen LogP contribution in [0.25, 0.3) is 0 Å². The van der Waals surface area contributed by atoms with E-state index in [0.717, 1.165) is 54.1 Å². The first-order valence-corrected chi connectivity index (χ1v) is 11.3. The maximum atomic E-state index is 14.2. The van der Waals surface area contributed by atoms with Crippen molar-refractivity contribution in [2.45, 2.75) is 44.4 Å². The molecule has 4 N–H and O–H groups in total. The summed E-state index contributed by atoms with van der Waals surface area (Å²) < 4.78 is 14.2. The molecule has 3 aliphatic heterocycles. The van der Waals surface area contributed by atoms with Crippen LogP contribution in [-0.4, -0.2) is 55.0 Å². The van der Waals surface area contributed by atoms with E-state index in [1.807, 2.05) is 19.1 Å². The lowest BCUT2D eigenvalue weighted by atomic mass is 10.0. The number of hydrogen-bond donors (Lipinski definition) is 4. The number of rotatable bonds is 4. The van der Waals surface area contributed by atoms with E-state index in [1.165, 1.54) is 6.07 Å². The minimum Gasteiger partial charge on any atom is -0.373 e. The lowest BCUT2D eigenvalue weighted by Crippen LogP contribution is -2.46. The molecule has 5 rings (SSSR count). The van der Waals surface area contributed by atoms with Gasteiger partial charge in [-0.15, -0.1) is 0 Å². The molecule has 170 valence electrons. The molecule has 0 bridgehead atoms. The fourth-order valence-electron chi connectivity index (χ4n) is 5.16. The van der Waals surface area contributed by atoms with Gasteiger partial charge in [-0.05, 0) is 51.6 Å². The number of hydrogen-bond acceptors (Lipinski definition) is 6. The largest absolute Gasteiger partial charge is 0.373 e. The Morgan fingerprint density at radius 2 is 1.94 bits per heavy atom. The Morgan fingerprint density at radius 1 is 1.16 bits per heavy atom. The molecule has 3 aliphatic rings. The number of aryl methyl sites for hydroxylation is 1. The maximum Gasteiger partial charge on any atom is 0.247 e. The molecule has 0 radical (unpaired) electrons. The number of halogens is 1. The number of carbonyl (C=O) groups excluding carboxylic acids is 1. The SMILES string of the molecule is Cc1ccc(F)c2c1NC(C(=O)Nc1cccc3c1NNC3N1CCC(N(C)C)CC1)C2. The molecule has 2 unspecified atom stereocenters. The monoisotopic (exact) mass is 438 g/mol. The third-order valence-corrected chi connectivity index (χ3v) is 7.08. The Balaban J connectivity index is 1.28. The predicted molar refractivity (Wildman–Crippen MR) is 125 cm³/mol. The van der Waals surface area contributed by atoms with Crippen molar-refractivity contribution in [1.82, 2.24) is 15.2 Å². The van der Waals surface area contributed by atoms with Crippen LogP contribution in [-0.2, 0) is 11.2 Å². The van der Waals surface area contributed by atoms with Crippen LogP contribution in [0.15, 0.2) is 30.3 Å². The average Bonchev–Trinajstić information content (AvgIpc) is 3.43. The van der Waals surface area contributed by atoms with Gasteiger partial charge in [0.25, 0.3) is 0 Å². The molecule has 0 aliphatic carbocycles. The minimum atomic E-state index is -0.494. The van der Waals surface area contributed by atoms with Crippen LogP contribution in [0.2, 0.25) is 0 Å². The van der Waals surface area contributed by atoms with Gasteiger partial charge < -0.3 is 21.0 Å². The predicted octanol–water partition coefficient (Wildman–Crippen LogP) is 3.06. The van der Waals surface area contributed by atoms with Gasteiger partial charge in [0.05, 0.1) is 11.4 Å². The Kier molecular flexibility index (Phi) is 5.53. The van der Waals surface area contributed by atoms with E-state index >= 15 is 0 Å². The van der Waals surface area contributed by atoms with Crippen molar-refractivity contribution in [3.8, 4) is 0 Å². The van der Waals surface area contributed by atoms with Crippen LogP contribution in [0.1, 0.15) is 35.7 Å². The molecule has 1 fully saturated rings. The number of fused-ring (bicyclic) bond motifs is 2. The Labute approximate surface area is 188 Å². The first-order chi connectivity index (χ1) is 15.4. The molecule has 0 spiro atoms. The highest BCUT2D eigenvalue weighted by molar-refractivity contribution is 6.01. The van der Waals surface area contributed by atoms with E-state index in [0.29, 0.717) is 18.0 Å². The lowest BCUT2D eigenvalue weighted by Gasteiger charge is -2.38. The number of carbonyl (C=O) groups is 1. The number of para-hydroxylation sites is 1. The number of piperidine rings is 1. The van der Waals surface area contributed by atoms with Gasteiger partial charge in [-0.3, -0.25) is 9.69 Å². The fraction of sp³-hybridized carbons (Fsp3) is 0.458. The Hall–Kier alpha value is -2.68. The van der Waals surface area contributed by atoms with Crippen molar-refractivity contribution < 1.29 is 9.18 Å². The van der Waals surface area contributed by atoms with Crippen LogP contribution < -0.4 is 21.5 Å². The van der Waals surface area contributed by atoms with E-state index < -0.39 is 6.04 Å². The van der Waals surface area contributed by atoms with Crippen LogP contribution in [0.5, 0.6) is 0 Å². The molecule has 3 heterocycles. The summed E-state index contributed by atoms with van der Waals surface area (Å²) in [7, 11) is 4.29. The van der Waals surface area contributed by atoms with Crippen molar-refractivity contribution in [3.63, 3.8) is 0 Å². The normalized spacial score (nSPS) is 22.9. The Morgan fingerprint density at radius 3 is 2.66 bits per heavy atom. The molecular formula is C24H31FN6O. The maximum absolute atomic E-state index is 14.2. The standard InChI is InChI=1S/C24H31FN6O/c1-14-7-8-18(25)17-13-20(26-21(14)17)24(32)27-19-6-4-5-16-22(19)28-29-23(16)31-11-9-15(10-12-31)30(2)3/h4-8,15,20,23,26,28-29H,9-13H2,1-3H3,(H,27,32). The van der Waals surface area contributed by atoms with Gasteiger partial charge in [0.1, 0.15) is 18.0 Å². The molecule has 2 aromatic carbocycles. The molecule has 2 aromatic rings. The summed E-state index contributed by atoms with van der Waals surface area (Å²) in [5.74, 6) is -0.425. The zero-order valence-corrected chi connectivity index (χ0v) is 18.8. The third kappa shape index (κ3) is 3.72. The Bertz CT molecular complexity index is 1000. The third-order valence-electron chi connectivity index (χ3n) is 7.08. The lowest BCUT2D eigenvalue weighted by molar-refractivity contribution is -0.116. The first kappa shape index (κ1) is 21.2. The second-order valence-corrected chi connectivity index (χ2v) is 9.28. The van der Waals surface area contributed by atoms with Crippen molar-refractivity contribution in [2.24, 2.45) is 0 Å². The van der Waals surface area contributed by atoms with Crippen LogP contribution >= 0.6 is 0 Å². The molecule has 32 heavy (non-hydrogen) atoms. The van der Waals surface area contributed by atoms with Crippen LogP contribution in [0.3, 0.4) is 0 Å². The van der Waals surface area contributed by atoms with Crippen molar-refractivity contribution in [1.29, 1.82) is 0 Å². The molecule has 2 atom stereocenters. The number of likely N-dealkylation sites (tertiary alicyclic amines) is 1. The van der Waals surface area contributed by atoms with Crippen molar-refractivity contribution in [3.05, 3.63) is 52.8 Å². The summed E-state index contributed by atoms with van der Waals surface area (Å²) in [6.07, 6.45) is 2.70. The summed E-state index contributed by atoms with van der Waals surface area (Å²) >= 11 is 0. The molecule has 8 heteroatoms. The summed E-state index contributed by atoms with van der Waals surface area (Å²) in [5.41, 5.74) is 11.7. The molecule has 0 saturated carbocycles. The van der Waals surface area contributed by atoms with Crippen molar-refractivity contribution in [2.75, 3.05) is 43.2 Å². The van der Waals surface area contributed by atoms with E-state index in [-0.39, 0.29) is 17.9 Å². The van der Waals surface area contributed by atoms with E-state index in [2.05, 4.69) is 51.4 Å². The van der Waals surface area contributed by atoms with Gasteiger partial charge in [-0.2, -0.15) is 0 Å². The van der Waals surface area contributed by atoms with E-state index in [9.17, 15) is 9.18 Å². The zero-order valence-electron chi connectivity index (χ0n) is 18.8. The van der Waals surface area contributed by atoms with Crippen LogP contribution in [0.4, 0.5) is 21.5 Å². The average molecular weight is 439 g/mol. The van der Waals surface area contributed by atoms with Gasteiger partial charge in [0, 0.05) is 42.4 Å². The molecule has 0 aromatic heterocycles. The highest BCUT2D eigenvalue weighted by Crippen LogP contribution is 2.38. The van der Waals surface area contributed by atoms with Gasteiger partial charge in [-0.25, -0.2) is 9.82 Å². The van der Waals surface area contributed by atoms with E-state index in [1.54, 1.807) is 6.07 Å². The highest BCUT2D eigenvalue weighted by atomic mass is 19.1. The topological polar surface area (TPSA) is 71.7 Å². The molecule has 1 amide bonds. The number of nitrogens with zero attached hydrogens (tertiary/aromatic N) is 2. The summed E-state index contributed by atoms with van der Waals surface area (Å²) in [6, 6.07) is 9.32. The van der Waals surface area contributed by atoms with Gasteiger partial charge in [-0.1, -0.05) is 18.2 Å². The quantitative estimate of drug-likeness (QED) is 0.588. The second-order valence-electron chi connectivity index (χ2n) is 9.28.